The normalized spacial score (nSPS) is 11.3. The Morgan fingerprint density at radius 1 is 1.20 bits per heavy atom. The molecule has 20 heavy (non-hydrogen) atoms. The predicted molar refractivity (Wildman–Crippen MR) is 66.8 cm³/mol. The number of pyridine rings is 1. The number of carboxylic acid groups (broad SMARTS) is 1. The van der Waals surface area contributed by atoms with Crippen LogP contribution in [0.2, 0.25) is 0 Å². The fourth-order valence-corrected chi connectivity index (χ4v) is 2.36. The van der Waals surface area contributed by atoms with Gasteiger partial charge in [0, 0.05) is 11.1 Å². The lowest BCUT2D eigenvalue weighted by Crippen LogP contribution is -2.08. The molecule has 1 aromatic heterocycles. The molecule has 2 aromatic rings. The number of carboxylic acids is 1. The molecule has 3 nitrogen and oxygen atoms in total. The second kappa shape index (κ2) is 5.54. The molecule has 7 heteroatoms. The molecule has 0 aliphatic rings. The Labute approximate surface area is 116 Å². The van der Waals surface area contributed by atoms with Crippen molar-refractivity contribution in [2.45, 2.75) is 16.1 Å². The van der Waals surface area contributed by atoms with Crippen LogP contribution in [0.15, 0.2) is 52.5 Å². The molecule has 0 atom stereocenters. The topological polar surface area (TPSA) is 50.2 Å². The molecule has 0 saturated carbocycles. The molecule has 0 unspecified atom stereocenters. The van der Waals surface area contributed by atoms with E-state index in [1.54, 1.807) is 18.2 Å². The number of nitrogens with zero attached hydrogens (tertiary/aromatic N) is 1. The number of carbonyl (C=O) groups is 1. The molecule has 0 saturated heterocycles. The molecule has 2 rings (SSSR count). The molecular formula is C13H8F3NO2S. The van der Waals surface area contributed by atoms with E-state index >= 15 is 0 Å². The highest BCUT2D eigenvalue weighted by atomic mass is 32.2. The van der Waals surface area contributed by atoms with E-state index in [9.17, 15) is 18.0 Å². The SMILES string of the molecule is O=C(O)c1cc(C(F)(F)F)ccc1Sc1ccccn1. The largest absolute Gasteiger partial charge is 0.478 e. The number of rotatable bonds is 3. The van der Waals surface area contributed by atoms with Gasteiger partial charge in [-0.05, 0) is 30.3 Å². The lowest BCUT2D eigenvalue weighted by molar-refractivity contribution is -0.137. The number of benzene rings is 1. The van der Waals surface area contributed by atoms with Crippen LogP contribution in [0, 0.1) is 0 Å². The van der Waals surface area contributed by atoms with Crippen LogP contribution >= 0.6 is 11.8 Å². The summed E-state index contributed by atoms with van der Waals surface area (Å²) in [6.07, 6.45) is -3.05. The van der Waals surface area contributed by atoms with Crippen LogP contribution in [0.4, 0.5) is 13.2 Å². The second-order valence-corrected chi connectivity index (χ2v) is 4.85. The van der Waals surface area contributed by atoms with Crippen molar-refractivity contribution in [3.8, 4) is 0 Å². The van der Waals surface area contributed by atoms with Gasteiger partial charge >= 0.3 is 12.1 Å². The van der Waals surface area contributed by atoms with Crippen molar-refractivity contribution in [2.75, 3.05) is 0 Å². The summed E-state index contributed by atoms with van der Waals surface area (Å²) in [5, 5.41) is 9.54. The third-order valence-electron chi connectivity index (χ3n) is 2.39. The summed E-state index contributed by atoms with van der Waals surface area (Å²) in [5.74, 6) is -1.41. The molecule has 0 amide bonds. The third kappa shape index (κ3) is 3.30. The minimum absolute atomic E-state index is 0.212. The van der Waals surface area contributed by atoms with Crippen LogP contribution in [0.3, 0.4) is 0 Å². The van der Waals surface area contributed by atoms with Crippen molar-refractivity contribution in [1.82, 2.24) is 4.98 Å². The van der Waals surface area contributed by atoms with Gasteiger partial charge in [-0.2, -0.15) is 13.2 Å². The second-order valence-electron chi connectivity index (χ2n) is 3.78. The fourth-order valence-electron chi connectivity index (χ4n) is 1.48. The number of halogens is 3. The summed E-state index contributed by atoms with van der Waals surface area (Å²) in [4.78, 5) is 15.3. The van der Waals surface area contributed by atoms with Crippen molar-refractivity contribution in [3.63, 3.8) is 0 Å². The van der Waals surface area contributed by atoms with Crippen LogP contribution in [-0.2, 0) is 6.18 Å². The van der Waals surface area contributed by atoms with Gasteiger partial charge in [-0.25, -0.2) is 9.78 Å². The van der Waals surface area contributed by atoms with E-state index < -0.39 is 23.3 Å². The Hall–Kier alpha value is -2.02. The molecule has 0 fully saturated rings. The van der Waals surface area contributed by atoms with Gasteiger partial charge in [0.2, 0.25) is 0 Å². The Kier molecular flexibility index (Phi) is 3.99. The van der Waals surface area contributed by atoms with E-state index in [0.29, 0.717) is 11.1 Å². The Morgan fingerprint density at radius 2 is 1.95 bits per heavy atom. The molecule has 0 aliphatic heterocycles. The van der Waals surface area contributed by atoms with Gasteiger partial charge in [0.05, 0.1) is 11.1 Å². The molecule has 1 N–H and O–H groups in total. The van der Waals surface area contributed by atoms with Crippen molar-refractivity contribution in [3.05, 3.63) is 53.7 Å². The Morgan fingerprint density at radius 3 is 2.50 bits per heavy atom. The quantitative estimate of drug-likeness (QED) is 0.932. The van der Waals surface area contributed by atoms with E-state index in [1.807, 2.05) is 0 Å². The zero-order valence-electron chi connectivity index (χ0n) is 9.89. The average Bonchev–Trinajstić information content (AvgIpc) is 2.38. The number of hydrogen-bond acceptors (Lipinski definition) is 3. The van der Waals surface area contributed by atoms with Gasteiger partial charge in [0.25, 0.3) is 0 Å². The monoisotopic (exact) mass is 299 g/mol. The van der Waals surface area contributed by atoms with Gasteiger partial charge in [-0.15, -0.1) is 0 Å². The van der Waals surface area contributed by atoms with Crippen molar-refractivity contribution in [1.29, 1.82) is 0 Å². The fraction of sp³-hybridized carbons (Fsp3) is 0.0769. The molecule has 0 spiro atoms. The van der Waals surface area contributed by atoms with Crippen LogP contribution < -0.4 is 0 Å². The highest BCUT2D eigenvalue weighted by Gasteiger charge is 2.31. The number of aromatic nitrogens is 1. The summed E-state index contributed by atoms with van der Waals surface area (Å²) in [5.41, 5.74) is -1.38. The molecule has 0 aliphatic carbocycles. The zero-order valence-corrected chi connectivity index (χ0v) is 10.7. The van der Waals surface area contributed by atoms with E-state index in [4.69, 9.17) is 5.11 Å². The third-order valence-corrected chi connectivity index (χ3v) is 3.42. The summed E-state index contributed by atoms with van der Waals surface area (Å²) < 4.78 is 37.7. The minimum atomic E-state index is -4.57. The number of alkyl halides is 3. The van der Waals surface area contributed by atoms with Gasteiger partial charge in [-0.1, -0.05) is 17.8 Å². The van der Waals surface area contributed by atoms with E-state index in [2.05, 4.69) is 4.98 Å². The maximum atomic E-state index is 12.6. The van der Waals surface area contributed by atoms with E-state index in [1.165, 1.54) is 6.20 Å². The number of aromatic carboxylic acids is 1. The summed E-state index contributed by atoms with van der Waals surface area (Å²) in [7, 11) is 0. The predicted octanol–water partition coefficient (Wildman–Crippen LogP) is 3.95. The maximum Gasteiger partial charge on any atom is 0.416 e. The lowest BCUT2D eigenvalue weighted by Gasteiger charge is -2.10. The summed E-state index contributed by atoms with van der Waals surface area (Å²) >= 11 is 1.00. The van der Waals surface area contributed by atoms with Crippen molar-refractivity contribution in [2.24, 2.45) is 0 Å². The first-order valence-corrected chi connectivity index (χ1v) is 6.23. The first-order valence-electron chi connectivity index (χ1n) is 5.41. The standard InChI is InChI=1S/C13H8F3NO2S/c14-13(15,16)8-4-5-10(9(7-8)12(18)19)20-11-3-1-2-6-17-11/h1-7H,(H,18,19). The van der Waals surface area contributed by atoms with E-state index in [0.717, 1.165) is 23.9 Å². The Balaban J connectivity index is 2.41. The lowest BCUT2D eigenvalue weighted by atomic mass is 10.1. The molecule has 1 aromatic carbocycles. The van der Waals surface area contributed by atoms with Gasteiger partial charge in [0.1, 0.15) is 5.03 Å². The van der Waals surface area contributed by atoms with Crippen molar-refractivity contribution < 1.29 is 23.1 Å². The summed E-state index contributed by atoms with van der Waals surface area (Å²) in [6.45, 7) is 0. The molecule has 104 valence electrons. The van der Waals surface area contributed by atoms with Gasteiger partial charge < -0.3 is 5.11 Å². The van der Waals surface area contributed by atoms with Crippen LogP contribution in [0.25, 0.3) is 0 Å². The van der Waals surface area contributed by atoms with Crippen molar-refractivity contribution >= 4 is 17.7 Å². The smallest absolute Gasteiger partial charge is 0.416 e. The molecule has 0 bridgehead atoms. The first kappa shape index (κ1) is 14.4. The first-order chi connectivity index (χ1) is 9.38. The van der Waals surface area contributed by atoms with Crippen LogP contribution in [0.5, 0.6) is 0 Å². The number of hydrogen-bond donors (Lipinski definition) is 1. The summed E-state index contributed by atoms with van der Waals surface area (Å²) in [6, 6.07) is 7.68. The van der Waals surface area contributed by atoms with Crippen LogP contribution in [0.1, 0.15) is 15.9 Å². The van der Waals surface area contributed by atoms with Crippen LogP contribution in [-0.4, -0.2) is 16.1 Å². The highest BCUT2D eigenvalue weighted by molar-refractivity contribution is 7.99. The Bertz CT molecular complexity index is 629. The molecule has 0 radical (unpaired) electrons. The minimum Gasteiger partial charge on any atom is -0.478 e. The zero-order chi connectivity index (χ0) is 14.8. The highest BCUT2D eigenvalue weighted by Crippen LogP contribution is 2.35. The molecule has 1 heterocycles. The average molecular weight is 299 g/mol. The molecular weight excluding hydrogens is 291 g/mol. The van der Waals surface area contributed by atoms with Gasteiger partial charge in [-0.3, -0.25) is 0 Å². The van der Waals surface area contributed by atoms with E-state index in [-0.39, 0.29) is 4.90 Å². The maximum absolute atomic E-state index is 12.6. The van der Waals surface area contributed by atoms with Gasteiger partial charge in [0.15, 0.2) is 0 Å².